The van der Waals surface area contributed by atoms with Crippen molar-refractivity contribution in [2.24, 2.45) is 0 Å². The van der Waals surface area contributed by atoms with E-state index in [9.17, 15) is 0 Å². The van der Waals surface area contributed by atoms with Crippen LogP contribution in [0.15, 0.2) is 72.9 Å². The summed E-state index contributed by atoms with van der Waals surface area (Å²) in [7, 11) is 0. The maximum atomic E-state index is 4.58. The lowest BCUT2D eigenvalue weighted by Crippen LogP contribution is -2.15. The number of nitrogens with zero attached hydrogens (tertiary/aromatic N) is 1. The van der Waals surface area contributed by atoms with Gasteiger partial charge in [0.2, 0.25) is 0 Å². The fraction of sp³-hybridized carbons (Fsp3) is 0.160. The van der Waals surface area contributed by atoms with Crippen LogP contribution >= 0.6 is 0 Å². The maximum Gasteiger partial charge on any atom is 0.0704 e. The van der Waals surface area contributed by atoms with Crippen LogP contribution in [-0.4, -0.2) is 4.98 Å². The van der Waals surface area contributed by atoms with E-state index < -0.39 is 0 Å². The van der Waals surface area contributed by atoms with Gasteiger partial charge in [-0.2, -0.15) is 0 Å². The van der Waals surface area contributed by atoms with Crippen LogP contribution in [0.2, 0.25) is 0 Å². The van der Waals surface area contributed by atoms with Gasteiger partial charge < -0.3 is 0 Å². The van der Waals surface area contributed by atoms with Gasteiger partial charge in [0, 0.05) is 17.2 Å². The minimum atomic E-state index is -0.0225. The Morgan fingerprint density at radius 1 is 0.808 bits per heavy atom. The topological polar surface area (TPSA) is 12.9 Å². The van der Waals surface area contributed by atoms with E-state index in [1.165, 1.54) is 44.2 Å². The van der Waals surface area contributed by atoms with Crippen LogP contribution in [0.5, 0.6) is 0 Å². The van der Waals surface area contributed by atoms with Crippen molar-refractivity contribution in [1.29, 1.82) is 0 Å². The van der Waals surface area contributed by atoms with E-state index in [-0.39, 0.29) is 5.41 Å². The van der Waals surface area contributed by atoms with Gasteiger partial charge in [0.1, 0.15) is 0 Å². The first-order valence-electron chi connectivity index (χ1n) is 9.16. The monoisotopic (exact) mass is 335 g/mol. The number of rotatable bonds is 1. The molecular formula is C25H21N. The van der Waals surface area contributed by atoms with Crippen molar-refractivity contribution in [2.75, 3.05) is 0 Å². The molecule has 0 saturated carbocycles. The molecule has 0 N–H and O–H groups in total. The number of hydrogen-bond acceptors (Lipinski definition) is 1. The molecule has 4 aromatic rings. The smallest absolute Gasteiger partial charge is 0.0704 e. The number of benzene rings is 3. The highest BCUT2D eigenvalue weighted by molar-refractivity contribution is 5.97. The Kier molecular flexibility index (Phi) is 3.12. The van der Waals surface area contributed by atoms with Gasteiger partial charge in [0.25, 0.3) is 0 Å². The van der Waals surface area contributed by atoms with Crippen LogP contribution < -0.4 is 0 Å². The fourth-order valence-corrected chi connectivity index (χ4v) is 4.45. The van der Waals surface area contributed by atoms with Crippen LogP contribution in [-0.2, 0) is 5.41 Å². The quantitative estimate of drug-likeness (QED) is 0.386. The summed E-state index contributed by atoms with van der Waals surface area (Å²) in [5.41, 5.74) is 9.01. The van der Waals surface area contributed by atoms with E-state index >= 15 is 0 Å². The molecule has 1 nitrogen and oxygen atoms in total. The largest absolute Gasteiger partial charge is 0.256 e. The number of aromatic nitrogens is 1. The maximum absolute atomic E-state index is 4.58. The van der Waals surface area contributed by atoms with E-state index in [4.69, 9.17) is 0 Å². The molecule has 3 aromatic carbocycles. The Hall–Kier alpha value is -2.93. The van der Waals surface area contributed by atoms with Gasteiger partial charge in [0.15, 0.2) is 0 Å². The first-order chi connectivity index (χ1) is 12.6. The van der Waals surface area contributed by atoms with Crippen LogP contribution in [0.4, 0.5) is 0 Å². The molecule has 1 aliphatic rings. The summed E-state index contributed by atoms with van der Waals surface area (Å²) >= 11 is 0. The van der Waals surface area contributed by atoms with Crippen LogP contribution in [0.3, 0.4) is 0 Å². The highest BCUT2D eigenvalue weighted by Gasteiger charge is 2.36. The second-order valence-corrected chi connectivity index (χ2v) is 7.81. The molecule has 1 aliphatic carbocycles. The molecule has 1 heterocycles. The molecule has 0 aliphatic heterocycles. The van der Waals surface area contributed by atoms with Gasteiger partial charge in [-0.25, -0.2) is 0 Å². The van der Waals surface area contributed by atoms with Crippen molar-refractivity contribution in [2.45, 2.75) is 26.2 Å². The molecule has 0 bridgehead atoms. The average molecular weight is 335 g/mol. The van der Waals surface area contributed by atoms with Crippen molar-refractivity contribution in [3.05, 3.63) is 89.6 Å². The minimum absolute atomic E-state index is 0.0225. The van der Waals surface area contributed by atoms with Gasteiger partial charge in [-0.3, -0.25) is 4.98 Å². The molecule has 0 atom stereocenters. The Labute approximate surface area is 154 Å². The predicted molar refractivity (Wildman–Crippen MR) is 109 cm³/mol. The zero-order valence-corrected chi connectivity index (χ0v) is 15.4. The summed E-state index contributed by atoms with van der Waals surface area (Å²) < 4.78 is 0. The average Bonchev–Trinajstić information content (AvgIpc) is 2.89. The first-order valence-corrected chi connectivity index (χ1v) is 9.16. The summed E-state index contributed by atoms with van der Waals surface area (Å²) in [6.45, 7) is 6.81. The van der Waals surface area contributed by atoms with Crippen molar-refractivity contribution in [1.82, 2.24) is 4.98 Å². The molecule has 0 radical (unpaired) electrons. The second kappa shape index (κ2) is 5.28. The normalized spacial score (nSPS) is 14.3. The molecule has 0 saturated heterocycles. The molecule has 0 amide bonds. The summed E-state index contributed by atoms with van der Waals surface area (Å²) in [5.74, 6) is 0. The standard InChI is InChI=1S/C25H21N/c1-16-12-13-26-23(14-16)18-9-10-20-21-11-8-17-6-4-5-7-19(17)24(21)25(2,3)22(20)15-18/h4-15H,1-3H3. The lowest BCUT2D eigenvalue weighted by Gasteiger charge is -2.23. The second-order valence-electron chi connectivity index (χ2n) is 7.81. The number of aryl methyl sites for hydroxylation is 1. The van der Waals surface area contributed by atoms with E-state index in [1.54, 1.807) is 0 Å². The van der Waals surface area contributed by atoms with Crippen LogP contribution in [0.1, 0.15) is 30.5 Å². The Morgan fingerprint density at radius 3 is 2.46 bits per heavy atom. The van der Waals surface area contributed by atoms with Gasteiger partial charge in [-0.15, -0.1) is 0 Å². The zero-order valence-electron chi connectivity index (χ0n) is 15.4. The highest BCUT2D eigenvalue weighted by Crippen LogP contribution is 2.51. The summed E-state index contributed by atoms with van der Waals surface area (Å²) in [5, 5.41) is 2.68. The lowest BCUT2D eigenvalue weighted by molar-refractivity contribution is 0.666. The third-order valence-corrected chi connectivity index (χ3v) is 5.75. The third kappa shape index (κ3) is 2.07. The minimum Gasteiger partial charge on any atom is -0.256 e. The molecule has 126 valence electrons. The van der Waals surface area contributed by atoms with Gasteiger partial charge in [-0.05, 0) is 63.7 Å². The molecule has 5 rings (SSSR count). The Balaban J connectivity index is 1.77. The van der Waals surface area contributed by atoms with Gasteiger partial charge >= 0.3 is 0 Å². The molecule has 26 heavy (non-hydrogen) atoms. The molecule has 1 aromatic heterocycles. The van der Waals surface area contributed by atoms with E-state index in [0.29, 0.717) is 0 Å². The summed E-state index contributed by atoms with van der Waals surface area (Å²) in [6.07, 6.45) is 1.89. The Bertz CT molecular complexity index is 1170. The van der Waals surface area contributed by atoms with Crippen molar-refractivity contribution < 1.29 is 0 Å². The van der Waals surface area contributed by atoms with E-state index in [0.717, 1.165) is 5.69 Å². The van der Waals surface area contributed by atoms with E-state index in [2.05, 4.69) is 86.4 Å². The predicted octanol–water partition coefficient (Wildman–Crippen LogP) is 6.52. The van der Waals surface area contributed by atoms with Crippen LogP contribution in [0, 0.1) is 6.92 Å². The first kappa shape index (κ1) is 15.3. The third-order valence-electron chi connectivity index (χ3n) is 5.75. The number of fused-ring (bicyclic) bond motifs is 5. The summed E-state index contributed by atoms with van der Waals surface area (Å²) in [6, 6.07) is 24.3. The SMILES string of the molecule is Cc1ccnc(-c2ccc3c(c2)C(C)(C)c2c-3ccc3ccccc23)c1. The number of hydrogen-bond donors (Lipinski definition) is 0. The molecule has 0 fully saturated rings. The van der Waals surface area contributed by atoms with Crippen molar-refractivity contribution in [3.8, 4) is 22.4 Å². The number of pyridine rings is 1. The molecule has 1 heteroatoms. The van der Waals surface area contributed by atoms with Gasteiger partial charge in [-0.1, -0.05) is 62.4 Å². The highest BCUT2D eigenvalue weighted by atomic mass is 14.7. The zero-order chi connectivity index (χ0) is 17.9. The Morgan fingerprint density at radius 2 is 1.62 bits per heavy atom. The van der Waals surface area contributed by atoms with Crippen molar-refractivity contribution in [3.63, 3.8) is 0 Å². The van der Waals surface area contributed by atoms with Crippen molar-refractivity contribution >= 4 is 10.8 Å². The molecule has 0 unspecified atom stereocenters. The fourth-order valence-electron chi connectivity index (χ4n) is 4.45. The van der Waals surface area contributed by atoms with E-state index in [1.807, 2.05) is 12.3 Å². The van der Waals surface area contributed by atoms with Gasteiger partial charge in [0.05, 0.1) is 5.69 Å². The van der Waals surface area contributed by atoms with Crippen LogP contribution in [0.25, 0.3) is 33.2 Å². The summed E-state index contributed by atoms with van der Waals surface area (Å²) in [4.78, 5) is 4.58. The molecule has 0 spiro atoms. The lowest BCUT2D eigenvalue weighted by atomic mass is 9.80. The molecular weight excluding hydrogens is 314 g/mol.